The van der Waals surface area contributed by atoms with Gasteiger partial charge in [-0.15, -0.1) is 0 Å². The summed E-state index contributed by atoms with van der Waals surface area (Å²) in [6.07, 6.45) is -4.36. The minimum atomic E-state index is -4.36. The lowest BCUT2D eigenvalue weighted by molar-refractivity contribution is -0.137. The largest absolute Gasteiger partial charge is 0.435 e. The summed E-state index contributed by atoms with van der Waals surface area (Å²) in [6.45, 7) is 5.84. The minimum absolute atomic E-state index is 0.242. The van der Waals surface area contributed by atoms with Crippen LogP contribution in [0.4, 0.5) is 13.2 Å². The molecule has 0 unspecified atom stereocenters. The van der Waals surface area contributed by atoms with Crippen molar-refractivity contribution in [1.82, 2.24) is 4.98 Å². The molecule has 0 amide bonds. The lowest BCUT2D eigenvalue weighted by atomic mass is 10.1. The fourth-order valence-electron chi connectivity index (χ4n) is 1.98. The van der Waals surface area contributed by atoms with Crippen LogP contribution in [0.3, 0.4) is 0 Å². The number of hydrogen-bond donors (Lipinski definition) is 0. The quantitative estimate of drug-likeness (QED) is 0.504. The number of hydrogen-bond acceptors (Lipinski definition) is 2. The van der Waals surface area contributed by atoms with Crippen molar-refractivity contribution >= 4 is 22.7 Å². The molecule has 0 N–H and O–H groups in total. The normalized spacial score (nSPS) is 11.3. The molecule has 1 aromatic heterocycles. The van der Waals surface area contributed by atoms with E-state index in [0.717, 1.165) is 17.7 Å². The third kappa shape index (κ3) is 3.50. The van der Waals surface area contributed by atoms with Gasteiger partial charge < -0.3 is 4.42 Å². The number of rotatable bonds is 1. The van der Waals surface area contributed by atoms with Crippen molar-refractivity contribution in [2.24, 2.45) is 0 Å². The molecule has 0 radical (unpaired) electrons. The maximum absolute atomic E-state index is 12.5. The highest BCUT2D eigenvalue weighted by molar-refractivity contribution is 6.35. The van der Waals surface area contributed by atoms with Gasteiger partial charge in [0.25, 0.3) is 0 Å². The molecule has 3 aromatic rings. The van der Waals surface area contributed by atoms with Crippen LogP contribution >= 0.6 is 11.6 Å². The summed E-state index contributed by atoms with van der Waals surface area (Å²) in [4.78, 5) is 4.24. The molecular formula is C17H15ClF3NO. The smallest absolute Gasteiger partial charge is 0.416 e. The molecule has 0 atom stereocenters. The van der Waals surface area contributed by atoms with Crippen LogP contribution < -0.4 is 0 Å². The summed E-state index contributed by atoms with van der Waals surface area (Å²) < 4.78 is 43.2. The van der Waals surface area contributed by atoms with Gasteiger partial charge in [0.15, 0.2) is 5.58 Å². The number of aryl methyl sites for hydroxylation is 1. The van der Waals surface area contributed by atoms with Crippen molar-refractivity contribution in [3.8, 4) is 11.5 Å². The molecule has 0 bridgehead atoms. The first kappa shape index (κ1) is 17.3. The zero-order valence-electron chi connectivity index (χ0n) is 12.8. The SMILES string of the molecule is CC.Cc1ccc2nc(-c3ccc(C(F)(F)F)cc3)oc2c1Cl. The lowest BCUT2D eigenvalue weighted by Gasteiger charge is -2.05. The van der Waals surface area contributed by atoms with Gasteiger partial charge in [0, 0.05) is 5.56 Å². The number of fused-ring (bicyclic) bond motifs is 1. The second-order valence-corrected chi connectivity index (χ2v) is 5.02. The van der Waals surface area contributed by atoms with Gasteiger partial charge in [0.05, 0.1) is 10.6 Å². The molecule has 0 spiro atoms. The number of halogens is 4. The molecule has 2 aromatic carbocycles. The second kappa shape index (κ2) is 6.62. The minimum Gasteiger partial charge on any atom is -0.435 e. The number of oxazole rings is 1. The maximum atomic E-state index is 12.5. The van der Waals surface area contributed by atoms with Crippen molar-refractivity contribution < 1.29 is 17.6 Å². The molecule has 6 heteroatoms. The molecule has 3 rings (SSSR count). The van der Waals surface area contributed by atoms with Gasteiger partial charge in [-0.05, 0) is 42.8 Å². The maximum Gasteiger partial charge on any atom is 0.416 e. The monoisotopic (exact) mass is 341 g/mol. The molecule has 122 valence electrons. The van der Waals surface area contributed by atoms with Crippen LogP contribution in [-0.4, -0.2) is 4.98 Å². The average Bonchev–Trinajstić information content (AvgIpc) is 2.97. The number of benzene rings is 2. The fourth-order valence-corrected chi connectivity index (χ4v) is 2.18. The van der Waals surface area contributed by atoms with Crippen LogP contribution in [0.1, 0.15) is 25.0 Å². The Morgan fingerprint density at radius 3 is 2.17 bits per heavy atom. The molecule has 0 aliphatic heterocycles. The van der Waals surface area contributed by atoms with E-state index in [4.69, 9.17) is 16.0 Å². The number of nitrogens with zero attached hydrogens (tertiary/aromatic N) is 1. The third-order valence-corrected chi connectivity index (χ3v) is 3.62. The van der Waals surface area contributed by atoms with E-state index in [2.05, 4.69) is 4.98 Å². The van der Waals surface area contributed by atoms with Crippen molar-refractivity contribution in [3.63, 3.8) is 0 Å². The van der Waals surface area contributed by atoms with Crippen LogP contribution in [-0.2, 0) is 6.18 Å². The van der Waals surface area contributed by atoms with E-state index in [1.807, 2.05) is 26.8 Å². The summed E-state index contributed by atoms with van der Waals surface area (Å²) in [5.41, 5.74) is 1.61. The van der Waals surface area contributed by atoms with Gasteiger partial charge in [-0.2, -0.15) is 13.2 Å². The molecule has 1 heterocycles. The van der Waals surface area contributed by atoms with Crippen molar-refractivity contribution in [2.45, 2.75) is 26.9 Å². The average molecular weight is 342 g/mol. The Labute approximate surface area is 136 Å². The van der Waals surface area contributed by atoms with Gasteiger partial charge in [-0.1, -0.05) is 31.5 Å². The molecule has 0 aliphatic rings. The lowest BCUT2D eigenvalue weighted by Crippen LogP contribution is -2.03. The summed E-state index contributed by atoms with van der Waals surface area (Å²) >= 11 is 6.13. The second-order valence-electron chi connectivity index (χ2n) is 4.64. The van der Waals surface area contributed by atoms with Crippen molar-refractivity contribution in [3.05, 3.63) is 52.5 Å². The Bertz CT molecular complexity index is 807. The van der Waals surface area contributed by atoms with Gasteiger partial charge in [-0.3, -0.25) is 0 Å². The van der Waals surface area contributed by atoms with Crippen LogP contribution in [0.15, 0.2) is 40.8 Å². The first-order valence-electron chi connectivity index (χ1n) is 7.09. The van der Waals surface area contributed by atoms with Gasteiger partial charge in [0.2, 0.25) is 5.89 Å². The number of aromatic nitrogens is 1. The Morgan fingerprint density at radius 2 is 1.61 bits per heavy atom. The Hall–Kier alpha value is -2.01. The van der Waals surface area contributed by atoms with E-state index in [0.29, 0.717) is 21.7 Å². The van der Waals surface area contributed by atoms with Crippen molar-refractivity contribution in [2.75, 3.05) is 0 Å². The molecule has 0 saturated carbocycles. The highest BCUT2D eigenvalue weighted by Crippen LogP contribution is 2.33. The molecular weight excluding hydrogens is 327 g/mol. The molecule has 2 nitrogen and oxygen atoms in total. The van der Waals surface area contributed by atoms with Crippen LogP contribution in [0.25, 0.3) is 22.6 Å². The first-order chi connectivity index (χ1) is 10.9. The van der Waals surface area contributed by atoms with E-state index < -0.39 is 11.7 Å². The highest BCUT2D eigenvalue weighted by atomic mass is 35.5. The zero-order chi connectivity index (χ0) is 17.2. The predicted molar refractivity (Wildman–Crippen MR) is 85.5 cm³/mol. The Kier molecular flexibility index (Phi) is 5.00. The Balaban J connectivity index is 0.000000924. The van der Waals surface area contributed by atoms with E-state index in [-0.39, 0.29) is 5.89 Å². The highest BCUT2D eigenvalue weighted by Gasteiger charge is 2.30. The topological polar surface area (TPSA) is 26.0 Å². The molecule has 23 heavy (non-hydrogen) atoms. The van der Waals surface area contributed by atoms with Crippen LogP contribution in [0.2, 0.25) is 5.02 Å². The summed E-state index contributed by atoms with van der Waals surface area (Å²) in [5.74, 6) is 0.242. The van der Waals surface area contributed by atoms with Gasteiger partial charge in [-0.25, -0.2) is 4.98 Å². The van der Waals surface area contributed by atoms with E-state index in [1.54, 1.807) is 6.07 Å². The summed E-state index contributed by atoms with van der Waals surface area (Å²) in [5, 5.41) is 0.457. The molecule has 0 saturated heterocycles. The molecule has 0 fully saturated rings. The predicted octanol–water partition coefficient (Wildman–Crippen LogP) is 6.50. The third-order valence-electron chi connectivity index (χ3n) is 3.15. The summed E-state index contributed by atoms with van der Waals surface area (Å²) in [7, 11) is 0. The van der Waals surface area contributed by atoms with Crippen molar-refractivity contribution in [1.29, 1.82) is 0 Å². The van der Waals surface area contributed by atoms with Crippen LogP contribution in [0.5, 0.6) is 0 Å². The van der Waals surface area contributed by atoms with E-state index in [1.165, 1.54) is 12.1 Å². The van der Waals surface area contributed by atoms with E-state index >= 15 is 0 Å². The molecule has 0 aliphatic carbocycles. The standard InChI is InChI=1S/C15H9ClF3NO.C2H6/c1-8-2-7-11-13(12(8)16)21-14(20-11)9-3-5-10(6-4-9)15(17,18)19;1-2/h2-7H,1H3;1-2H3. The number of alkyl halides is 3. The van der Waals surface area contributed by atoms with Gasteiger partial charge in [0.1, 0.15) is 5.52 Å². The van der Waals surface area contributed by atoms with Crippen LogP contribution in [0, 0.1) is 6.92 Å². The fraction of sp³-hybridized carbons (Fsp3) is 0.235. The zero-order valence-corrected chi connectivity index (χ0v) is 13.6. The van der Waals surface area contributed by atoms with Gasteiger partial charge >= 0.3 is 6.18 Å². The first-order valence-corrected chi connectivity index (χ1v) is 7.47. The Morgan fingerprint density at radius 1 is 1.00 bits per heavy atom. The van der Waals surface area contributed by atoms with E-state index in [9.17, 15) is 13.2 Å². The summed E-state index contributed by atoms with van der Waals surface area (Å²) in [6, 6.07) is 8.22.